The van der Waals surface area contributed by atoms with Gasteiger partial charge in [-0.2, -0.15) is 0 Å². The highest BCUT2D eigenvalue weighted by atomic mass is 16.5. The van der Waals surface area contributed by atoms with E-state index in [0.717, 1.165) is 11.4 Å². The Balaban J connectivity index is 2.01. The van der Waals surface area contributed by atoms with Crippen LogP contribution in [-0.4, -0.2) is 23.5 Å². The first kappa shape index (κ1) is 15.5. The summed E-state index contributed by atoms with van der Waals surface area (Å²) in [6.07, 6.45) is 1.62. The quantitative estimate of drug-likeness (QED) is 0.830. The Kier molecular flexibility index (Phi) is 5.08. The molecule has 0 fully saturated rings. The molecule has 0 bridgehead atoms. The summed E-state index contributed by atoms with van der Waals surface area (Å²) in [6.45, 7) is 3.55. The minimum absolute atomic E-state index is 0.164. The molecule has 0 atom stereocenters. The number of amides is 1. The van der Waals surface area contributed by atoms with Gasteiger partial charge in [0.05, 0.1) is 24.1 Å². The zero-order chi connectivity index (χ0) is 15.9. The minimum Gasteiger partial charge on any atom is -0.462 e. The number of pyridine rings is 1. The molecule has 0 saturated heterocycles. The fourth-order valence-electron chi connectivity index (χ4n) is 1.79. The second-order valence-electron chi connectivity index (χ2n) is 4.54. The number of benzene rings is 1. The molecule has 1 aromatic carbocycles. The van der Waals surface area contributed by atoms with Crippen LogP contribution in [0.25, 0.3) is 0 Å². The van der Waals surface area contributed by atoms with Crippen molar-refractivity contribution in [2.75, 3.05) is 17.2 Å². The number of hydrogen-bond acceptors (Lipinski definition) is 5. The van der Waals surface area contributed by atoms with Crippen LogP contribution in [0.3, 0.4) is 0 Å². The molecule has 2 aromatic rings. The molecule has 0 saturated carbocycles. The lowest BCUT2D eigenvalue weighted by Crippen LogP contribution is -2.07. The summed E-state index contributed by atoms with van der Waals surface area (Å²) >= 11 is 0. The number of nitrogens with zero attached hydrogens (tertiary/aromatic N) is 1. The van der Waals surface area contributed by atoms with Crippen LogP contribution >= 0.6 is 0 Å². The van der Waals surface area contributed by atoms with E-state index < -0.39 is 0 Å². The number of hydrogen-bond donors (Lipinski definition) is 2. The Morgan fingerprint density at radius 3 is 2.32 bits per heavy atom. The van der Waals surface area contributed by atoms with Crippen molar-refractivity contribution < 1.29 is 14.3 Å². The van der Waals surface area contributed by atoms with Crippen molar-refractivity contribution in [3.05, 3.63) is 48.2 Å². The molecule has 6 nitrogen and oxygen atoms in total. The van der Waals surface area contributed by atoms with Crippen LogP contribution in [-0.2, 0) is 9.53 Å². The third-order valence-corrected chi connectivity index (χ3v) is 2.75. The van der Waals surface area contributed by atoms with Crippen molar-refractivity contribution in [3.8, 4) is 0 Å². The van der Waals surface area contributed by atoms with Gasteiger partial charge in [0.15, 0.2) is 0 Å². The minimum atomic E-state index is -0.338. The number of anilines is 3. The number of nitrogens with one attached hydrogen (secondary N) is 2. The number of rotatable bonds is 5. The van der Waals surface area contributed by atoms with Crippen molar-refractivity contribution in [1.29, 1.82) is 0 Å². The largest absolute Gasteiger partial charge is 0.462 e. The van der Waals surface area contributed by atoms with E-state index in [1.165, 1.54) is 6.92 Å². The van der Waals surface area contributed by atoms with Gasteiger partial charge in [-0.15, -0.1) is 0 Å². The van der Waals surface area contributed by atoms with Crippen LogP contribution in [0.4, 0.5) is 17.2 Å². The third-order valence-electron chi connectivity index (χ3n) is 2.75. The fraction of sp³-hybridized carbons (Fsp3) is 0.188. The molecule has 0 unspecified atom stereocenters. The molecule has 114 valence electrons. The smallest absolute Gasteiger partial charge is 0.338 e. The molecule has 1 amide bonds. The summed E-state index contributed by atoms with van der Waals surface area (Å²) in [4.78, 5) is 26.6. The fourth-order valence-corrected chi connectivity index (χ4v) is 1.79. The van der Waals surface area contributed by atoms with Crippen LogP contribution < -0.4 is 10.6 Å². The first-order valence-corrected chi connectivity index (χ1v) is 6.86. The zero-order valence-corrected chi connectivity index (χ0v) is 12.4. The average Bonchev–Trinajstić information content (AvgIpc) is 2.50. The molecule has 22 heavy (non-hydrogen) atoms. The van der Waals surface area contributed by atoms with Crippen molar-refractivity contribution in [2.24, 2.45) is 0 Å². The molecule has 0 aliphatic heterocycles. The second kappa shape index (κ2) is 7.21. The van der Waals surface area contributed by atoms with Gasteiger partial charge in [-0.25, -0.2) is 9.78 Å². The molecule has 0 aliphatic carbocycles. The molecule has 0 aliphatic rings. The Labute approximate surface area is 128 Å². The summed E-state index contributed by atoms with van der Waals surface area (Å²) in [7, 11) is 0. The number of carbonyl (C=O) groups excluding carboxylic acids is 2. The van der Waals surface area contributed by atoms with E-state index >= 15 is 0 Å². The first-order chi connectivity index (χ1) is 10.6. The van der Waals surface area contributed by atoms with E-state index in [1.54, 1.807) is 49.5 Å². The Hall–Kier alpha value is -2.89. The molecule has 2 N–H and O–H groups in total. The van der Waals surface area contributed by atoms with Gasteiger partial charge < -0.3 is 15.4 Å². The van der Waals surface area contributed by atoms with E-state index in [2.05, 4.69) is 15.6 Å². The number of esters is 1. The highest BCUT2D eigenvalue weighted by Gasteiger charge is 2.05. The molecule has 2 rings (SSSR count). The molecule has 0 spiro atoms. The maximum absolute atomic E-state index is 11.6. The highest BCUT2D eigenvalue weighted by Crippen LogP contribution is 2.18. The predicted octanol–water partition coefficient (Wildman–Crippen LogP) is 2.96. The lowest BCUT2D eigenvalue weighted by molar-refractivity contribution is -0.114. The van der Waals surface area contributed by atoms with Gasteiger partial charge in [-0.1, -0.05) is 0 Å². The lowest BCUT2D eigenvalue weighted by Gasteiger charge is -2.08. The molecule has 1 aromatic heterocycles. The maximum Gasteiger partial charge on any atom is 0.338 e. The van der Waals surface area contributed by atoms with Crippen molar-refractivity contribution in [3.63, 3.8) is 0 Å². The Bertz CT molecular complexity index is 651. The van der Waals surface area contributed by atoms with Crippen molar-refractivity contribution in [2.45, 2.75) is 13.8 Å². The van der Waals surface area contributed by atoms with Crippen LogP contribution in [0.15, 0.2) is 42.6 Å². The number of aromatic nitrogens is 1. The second-order valence-corrected chi connectivity index (χ2v) is 4.54. The molecule has 1 heterocycles. The first-order valence-electron chi connectivity index (χ1n) is 6.86. The number of carbonyl (C=O) groups is 2. The van der Waals surface area contributed by atoms with E-state index in [1.807, 2.05) is 0 Å². The van der Waals surface area contributed by atoms with Gasteiger partial charge in [0.25, 0.3) is 0 Å². The van der Waals surface area contributed by atoms with E-state index in [9.17, 15) is 9.59 Å². The number of ether oxygens (including phenoxy) is 1. The predicted molar refractivity (Wildman–Crippen MR) is 84.2 cm³/mol. The van der Waals surface area contributed by atoms with Gasteiger partial charge in [-0.3, -0.25) is 4.79 Å². The molecular formula is C16H17N3O3. The topological polar surface area (TPSA) is 80.3 Å². The normalized spacial score (nSPS) is 9.91. The Morgan fingerprint density at radius 1 is 1.09 bits per heavy atom. The van der Waals surface area contributed by atoms with Crippen molar-refractivity contribution in [1.82, 2.24) is 4.98 Å². The molecular weight excluding hydrogens is 282 g/mol. The van der Waals surface area contributed by atoms with Crippen LogP contribution in [0.2, 0.25) is 0 Å². The standard InChI is InChI=1S/C16H17N3O3/c1-3-22-16(21)12-4-6-13(7-5-12)19-14-8-9-15(17-10-14)18-11(2)20/h4-10,19H,3H2,1-2H3,(H,17,18,20). The monoisotopic (exact) mass is 299 g/mol. The SMILES string of the molecule is CCOC(=O)c1ccc(Nc2ccc(NC(C)=O)nc2)cc1. The summed E-state index contributed by atoms with van der Waals surface area (Å²) in [6, 6.07) is 10.5. The van der Waals surface area contributed by atoms with Crippen LogP contribution in [0.5, 0.6) is 0 Å². The van der Waals surface area contributed by atoms with Gasteiger partial charge in [0, 0.05) is 12.6 Å². The van der Waals surface area contributed by atoms with Gasteiger partial charge in [0.2, 0.25) is 5.91 Å². The van der Waals surface area contributed by atoms with Crippen LogP contribution in [0.1, 0.15) is 24.2 Å². The maximum atomic E-state index is 11.6. The average molecular weight is 299 g/mol. The summed E-state index contributed by atoms with van der Waals surface area (Å²) < 4.78 is 4.93. The van der Waals surface area contributed by atoms with E-state index in [-0.39, 0.29) is 11.9 Å². The zero-order valence-electron chi connectivity index (χ0n) is 12.4. The lowest BCUT2D eigenvalue weighted by atomic mass is 10.2. The van der Waals surface area contributed by atoms with Gasteiger partial charge in [-0.05, 0) is 43.3 Å². The summed E-state index contributed by atoms with van der Waals surface area (Å²) in [5, 5.41) is 5.75. The van der Waals surface area contributed by atoms with Gasteiger partial charge in [0.1, 0.15) is 5.82 Å². The molecule has 0 radical (unpaired) electrons. The third kappa shape index (κ3) is 4.31. The summed E-state index contributed by atoms with van der Waals surface area (Å²) in [5.74, 6) is -0.00570. The summed E-state index contributed by atoms with van der Waals surface area (Å²) in [5.41, 5.74) is 2.10. The highest BCUT2D eigenvalue weighted by molar-refractivity contribution is 5.90. The van der Waals surface area contributed by atoms with E-state index in [4.69, 9.17) is 4.74 Å². The van der Waals surface area contributed by atoms with E-state index in [0.29, 0.717) is 18.0 Å². The van der Waals surface area contributed by atoms with Gasteiger partial charge >= 0.3 is 5.97 Å². The van der Waals surface area contributed by atoms with Crippen molar-refractivity contribution >= 4 is 29.1 Å². The Morgan fingerprint density at radius 2 is 1.77 bits per heavy atom. The molecule has 6 heteroatoms. The van der Waals surface area contributed by atoms with Crippen LogP contribution in [0, 0.1) is 0 Å².